The zero-order chi connectivity index (χ0) is 14.5. The second-order valence-electron chi connectivity index (χ2n) is 5.12. The molecular formula is C13H14ClFN2O2S. The molecule has 1 saturated heterocycles. The van der Waals surface area contributed by atoms with Gasteiger partial charge in [-0.3, -0.25) is 0 Å². The number of rotatable bonds is 2. The summed E-state index contributed by atoms with van der Waals surface area (Å²) in [7, 11) is -3.03. The highest BCUT2D eigenvalue weighted by molar-refractivity contribution is 7.91. The van der Waals surface area contributed by atoms with Gasteiger partial charge in [-0.15, -0.1) is 11.6 Å². The fourth-order valence-electron chi connectivity index (χ4n) is 2.74. The van der Waals surface area contributed by atoms with Crippen molar-refractivity contribution in [3.05, 3.63) is 29.8 Å². The van der Waals surface area contributed by atoms with E-state index in [1.807, 2.05) is 0 Å². The van der Waals surface area contributed by atoms with Crippen LogP contribution in [0.15, 0.2) is 18.2 Å². The van der Waals surface area contributed by atoms with Crippen LogP contribution in [-0.4, -0.2) is 29.5 Å². The van der Waals surface area contributed by atoms with Crippen LogP contribution in [0.5, 0.6) is 0 Å². The van der Waals surface area contributed by atoms with Crippen molar-refractivity contribution in [3.63, 3.8) is 0 Å². The van der Waals surface area contributed by atoms with E-state index < -0.39 is 21.0 Å². The molecule has 3 rings (SSSR count). The summed E-state index contributed by atoms with van der Waals surface area (Å²) in [5.41, 5.74) is 0.855. The van der Waals surface area contributed by atoms with E-state index in [9.17, 15) is 12.8 Å². The molecule has 0 radical (unpaired) electrons. The SMILES string of the molecule is CC(Cl)c1nc2c(F)cccc2n1C1CCS(=O)(=O)C1. The number of benzene rings is 1. The second-order valence-corrected chi connectivity index (χ2v) is 8.00. The number of fused-ring (bicyclic) bond motifs is 1. The summed E-state index contributed by atoms with van der Waals surface area (Å²) in [6.07, 6.45) is 0.515. The molecule has 2 aromatic rings. The average Bonchev–Trinajstić information content (AvgIpc) is 2.90. The first-order valence-corrected chi connectivity index (χ1v) is 8.65. The Labute approximate surface area is 121 Å². The number of imidazole rings is 1. The minimum Gasteiger partial charge on any atom is -0.322 e. The predicted octanol–water partition coefficient (Wildman–Crippen LogP) is 2.83. The van der Waals surface area contributed by atoms with Gasteiger partial charge in [-0.25, -0.2) is 17.8 Å². The van der Waals surface area contributed by atoms with Gasteiger partial charge in [0.15, 0.2) is 15.7 Å². The standard InChI is InChI=1S/C13H14ClFN2O2S/c1-8(14)13-16-12-10(15)3-2-4-11(12)17(13)9-5-6-20(18,19)7-9/h2-4,8-9H,5-7H2,1H3. The van der Waals surface area contributed by atoms with Gasteiger partial charge in [0, 0.05) is 0 Å². The van der Waals surface area contributed by atoms with Gasteiger partial charge in [0.1, 0.15) is 11.3 Å². The molecule has 0 spiro atoms. The summed E-state index contributed by atoms with van der Waals surface area (Å²) >= 11 is 6.13. The summed E-state index contributed by atoms with van der Waals surface area (Å²) in [5, 5.41) is -0.412. The fourth-order valence-corrected chi connectivity index (χ4v) is 4.60. The molecule has 2 atom stereocenters. The van der Waals surface area contributed by atoms with Crippen LogP contribution in [0.2, 0.25) is 0 Å². The molecule has 1 aliphatic heterocycles. The monoisotopic (exact) mass is 316 g/mol. The third-order valence-corrected chi connectivity index (χ3v) is 5.57. The van der Waals surface area contributed by atoms with Crippen LogP contribution >= 0.6 is 11.6 Å². The average molecular weight is 317 g/mol. The van der Waals surface area contributed by atoms with Crippen LogP contribution in [0.3, 0.4) is 0 Å². The Morgan fingerprint density at radius 3 is 2.85 bits per heavy atom. The summed E-state index contributed by atoms with van der Waals surface area (Å²) in [5.74, 6) is 0.323. The molecule has 2 unspecified atom stereocenters. The summed E-state index contributed by atoms with van der Waals surface area (Å²) in [6.45, 7) is 1.75. The molecule has 4 nitrogen and oxygen atoms in total. The van der Waals surface area contributed by atoms with Crippen molar-refractivity contribution in [1.29, 1.82) is 0 Å². The minimum absolute atomic E-state index is 0.0611. The third kappa shape index (κ3) is 2.20. The molecule has 7 heteroatoms. The molecule has 0 bridgehead atoms. The smallest absolute Gasteiger partial charge is 0.152 e. The topological polar surface area (TPSA) is 52.0 Å². The van der Waals surface area contributed by atoms with Crippen molar-refractivity contribution in [2.45, 2.75) is 24.8 Å². The zero-order valence-corrected chi connectivity index (χ0v) is 12.5. The molecule has 2 heterocycles. The van der Waals surface area contributed by atoms with Crippen molar-refractivity contribution in [2.24, 2.45) is 0 Å². The zero-order valence-electron chi connectivity index (χ0n) is 10.9. The van der Waals surface area contributed by atoms with Gasteiger partial charge in [-0.1, -0.05) is 6.07 Å². The van der Waals surface area contributed by atoms with Crippen LogP contribution in [0.4, 0.5) is 4.39 Å². The maximum Gasteiger partial charge on any atom is 0.152 e. The first-order valence-electron chi connectivity index (χ1n) is 6.40. The van der Waals surface area contributed by atoms with E-state index >= 15 is 0 Å². The number of hydrogen-bond acceptors (Lipinski definition) is 3. The fraction of sp³-hybridized carbons (Fsp3) is 0.462. The molecular weight excluding hydrogens is 303 g/mol. The quantitative estimate of drug-likeness (QED) is 0.801. The lowest BCUT2D eigenvalue weighted by Gasteiger charge is -2.16. The normalized spacial score (nSPS) is 23.2. The van der Waals surface area contributed by atoms with Gasteiger partial charge < -0.3 is 4.57 Å². The third-order valence-electron chi connectivity index (χ3n) is 3.63. The van der Waals surface area contributed by atoms with E-state index in [-0.39, 0.29) is 23.1 Å². The maximum absolute atomic E-state index is 13.8. The Kier molecular flexibility index (Phi) is 3.25. The first-order chi connectivity index (χ1) is 9.39. The van der Waals surface area contributed by atoms with Crippen LogP contribution < -0.4 is 0 Å². The summed E-state index contributed by atoms with van der Waals surface area (Å²) in [6, 6.07) is 4.47. The first kappa shape index (κ1) is 13.8. The Morgan fingerprint density at radius 2 is 2.25 bits per heavy atom. The number of para-hydroxylation sites is 1. The largest absolute Gasteiger partial charge is 0.322 e. The molecule has 0 saturated carbocycles. The van der Waals surface area contributed by atoms with Crippen molar-refractivity contribution < 1.29 is 12.8 Å². The van der Waals surface area contributed by atoms with Crippen LogP contribution in [-0.2, 0) is 9.84 Å². The van der Waals surface area contributed by atoms with Crippen molar-refractivity contribution in [1.82, 2.24) is 9.55 Å². The Bertz CT molecular complexity index is 770. The highest BCUT2D eigenvalue weighted by Crippen LogP contribution is 2.33. The van der Waals surface area contributed by atoms with Gasteiger partial charge in [0.25, 0.3) is 0 Å². The Balaban J connectivity index is 2.23. The van der Waals surface area contributed by atoms with Gasteiger partial charge in [-0.05, 0) is 25.5 Å². The number of hydrogen-bond donors (Lipinski definition) is 0. The maximum atomic E-state index is 13.8. The van der Waals surface area contributed by atoms with Crippen molar-refractivity contribution >= 4 is 32.5 Å². The number of halogens is 2. The van der Waals surface area contributed by atoms with Gasteiger partial charge >= 0.3 is 0 Å². The Morgan fingerprint density at radius 1 is 1.50 bits per heavy atom. The molecule has 20 heavy (non-hydrogen) atoms. The highest BCUT2D eigenvalue weighted by atomic mass is 35.5. The molecule has 0 aliphatic carbocycles. The lowest BCUT2D eigenvalue weighted by molar-refractivity contribution is 0.545. The van der Waals surface area contributed by atoms with Gasteiger partial charge in [0.2, 0.25) is 0 Å². The van der Waals surface area contributed by atoms with Gasteiger partial charge in [-0.2, -0.15) is 0 Å². The molecule has 1 aliphatic rings. The lowest BCUT2D eigenvalue weighted by Crippen LogP contribution is -2.14. The highest BCUT2D eigenvalue weighted by Gasteiger charge is 2.32. The minimum atomic E-state index is -3.03. The van der Waals surface area contributed by atoms with E-state index in [0.29, 0.717) is 17.8 Å². The van der Waals surface area contributed by atoms with Crippen LogP contribution in [0.25, 0.3) is 11.0 Å². The van der Waals surface area contributed by atoms with E-state index in [2.05, 4.69) is 4.98 Å². The second kappa shape index (κ2) is 4.70. The van der Waals surface area contributed by atoms with Crippen LogP contribution in [0.1, 0.15) is 30.6 Å². The van der Waals surface area contributed by atoms with E-state index in [4.69, 9.17) is 11.6 Å². The number of nitrogens with zero attached hydrogens (tertiary/aromatic N) is 2. The van der Waals surface area contributed by atoms with Crippen LogP contribution in [0, 0.1) is 5.82 Å². The molecule has 1 aromatic heterocycles. The number of aromatic nitrogens is 2. The molecule has 1 aromatic carbocycles. The molecule has 1 fully saturated rings. The Hall–Kier alpha value is -1.14. The number of sulfone groups is 1. The van der Waals surface area contributed by atoms with Crippen molar-refractivity contribution in [2.75, 3.05) is 11.5 Å². The van der Waals surface area contributed by atoms with E-state index in [1.165, 1.54) is 6.07 Å². The molecule has 108 valence electrons. The molecule has 0 N–H and O–H groups in total. The van der Waals surface area contributed by atoms with Gasteiger partial charge in [0.05, 0.1) is 28.4 Å². The molecule has 0 amide bonds. The van der Waals surface area contributed by atoms with Crippen molar-refractivity contribution in [3.8, 4) is 0 Å². The van der Waals surface area contributed by atoms with E-state index in [1.54, 1.807) is 23.6 Å². The van der Waals surface area contributed by atoms with E-state index in [0.717, 1.165) is 0 Å². The number of alkyl halides is 1. The predicted molar refractivity (Wildman–Crippen MR) is 76.3 cm³/mol. The summed E-state index contributed by atoms with van der Waals surface area (Å²) < 4.78 is 39.0. The summed E-state index contributed by atoms with van der Waals surface area (Å²) in [4.78, 5) is 4.27. The lowest BCUT2D eigenvalue weighted by atomic mass is 10.2.